The van der Waals surface area contributed by atoms with E-state index in [4.69, 9.17) is 25.8 Å². The van der Waals surface area contributed by atoms with Gasteiger partial charge in [-0.3, -0.25) is 9.59 Å². The molecule has 3 aromatic carbocycles. The normalized spacial score (nSPS) is 28.9. The van der Waals surface area contributed by atoms with Crippen molar-refractivity contribution in [3.8, 4) is 5.75 Å². The van der Waals surface area contributed by atoms with E-state index in [0.29, 0.717) is 42.6 Å². The third-order valence-corrected chi connectivity index (χ3v) is 13.6. The molecule has 51 heavy (non-hydrogen) atoms. The number of allylic oxidation sites excluding steroid dienone is 1. The van der Waals surface area contributed by atoms with E-state index in [9.17, 15) is 13.8 Å². The number of benzene rings is 3. The van der Waals surface area contributed by atoms with E-state index >= 15 is 0 Å². The number of nitrogens with zero attached hydrogens (tertiary/aromatic N) is 2. The predicted molar refractivity (Wildman–Crippen MR) is 201 cm³/mol. The Balaban J connectivity index is 1.24. The van der Waals surface area contributed by atoms with Crippen molar-refractivity contribution < 1.29 is 28.0 Å². The Bertz CT molecular complexity index is 1920. The van der Waals surface area contributed by atoms with Gasteiger partial charge >= 0.3 is 5.97 Å². The Morgan fingerprint density at radius 2 is 1.96 bits per heavy atom. The molecule has 1 fully saturated rings. The zero-order valence-corrected chi connectivity index (χ0v) is 31.0. The first-order valence-corrected chi connectivity index (χ1v) is 20.4. The van der Waals surface area contributed by atoms with Gasteiger partial charge in [-0.15, -0.1) is 0 Å². The molecule has 270 valence electrons. The van der Waals surface area contributed by atoms with Crippen molar-refractivity contribution >= 4 is 38.9 Å². The SMILES string of the molecule is CO[C@H]1/C=C/CCC[S@@](=O)(CC(=O)O[C@@H](C)c2ccccc2)=NC(=O)c2ccc3c(c2)N(C[C@@H]2CC[C@H]21)C[C@@]1(CCCc2cc(Cl)ccc21)CO3. The molecular formula is C41H47ClN2O6S. The molecular weight excluding hydrogens is 684 g/mol. The zero-order chi connectivity index (χ0) is 35.6. The highest BCUT2D eigenvalue weighted by Crippen LogP contribution is 2.47. The van der Waals surface area contributed by atoms with Crippen LogP contribution in [0.25, 0.3) is 0 Å². The summed E-state index contributed by atoms with van der Waals surface area (Å²) in [6.45, 7) is 3.80. The van der Waals surface area contributed by atoms with E-state index in [0.717, 1.165) is 61.5 Å². The van der Waals surface area contributed by atoms with Gasteiger partial charge in [-0.25, -0.2) is 4.21 Å². The summed E-state index contributed by atoms with van der Waals surface area (Å²) in [5.41, 5.74) is 4.28. The molecule has 2 bridgehead atoms. The Labute approximate surface area is 306 Å². The minimum atomic E-state index is -3.29. The molecule has 2 aliphatic heterocycles. The third kappa shape index (κ3) is 7.76. The van der Waals surface area contributed by atoms with Gasteiger partial charge in [0.2, 0.25) is 0 Å². The van der Waals surface area contributed by atoms with Crippen LogP contribution in [0.1, 0.15) is 78.6 Å². The van der Waals surface area contributed by atoms with Gasteiger partial charge < -0.3 is 19.1 Å². The lowest BCUT2D eigenvalue weighted by atomic mass is 9.68. The van der Waals surface area contributed by atoms with Crippen molar-refractivity contribution in [1.82, 2.24) is 0 Å². The molecule has 0 radical (unpaired) electrons. The summed E-state index contributed by atoms with van der Waals surface area (Å²) in [7, 11) is -1.52. The smallest absolute Gasteiger partial charge is 0.320 e. The summed E-state index contributed by atoms with van der Waals surface area (Å²) in [4.78, 5) is 29.5. The number of carbonyl (C=O) groups is 2. The molecule has 7 rings (SSSR count). The van der Waals surface area contributed by atoms with Crippen LogP contribution in [0.4, 0.5) is 5.69 Å². The summed E-state index contributed by atoms with van der Waals surface area (Å²) in [5, 5.41) is 0.743. The summed E-state index contributed by atoms with van der Waals surface area (Å²) >= 11 is 6.45. The molecule has 4 aliphatic rings. The van der Waals surface area contributed by atoms with Crippen LogP contribution in [0.15, 0.2) is 83.2 Å². The zero-order valence-electron chi connectivity index (χ0n) is 29.4. The molecule has 0 unspecified atom stereocenters. The number of carbonyl (C=O) groups excluding carboxylic acids is 2. The van der Waals surface area contributed by atoms with Crippen molar-refractivity contribution in [1.29, 1.82) is 0 Å². The van der Waals surface area contributed by atoms with E-state index < -0.39 is 33.5 Å². The maximum Gasteiger partial charge on any atom is 0.320 e. The molecule has 3 aromatic rings. The first-order chi connectivity index (χ1) is 24.6. The number of halogens is 1. The predicted octanol–water partition coefficient (Wildman–Crippen LogP) is 8.12. The fourth-order valence-corrected chi connectivity index (χ4v) is 10.4. The lowest BCUT2D eigenvalue weighted by Crippen LogP contribution is -2.49. The van der Waals surface area contributed by atoms with Crippen molar-refractivity contribution in [3.63, 3.8) is 0 Å². The number of esters is 1. The molecule has 10 heteroatoms. The van der Waals surface area contributed by atoms with Crippen LogP contribution in [0.3, 0.4) is 0 Å². The average Bonchev–Trinajstić information content (AvgIpc) is 3.25. The fraction of sp³-hybridized carbons (Fsp3) is 0.463. The topological polar surface area (TPSA) is 94.5 Å². The van der Waals surface area contributed by atoms with Gasteiger partial charge in [0.1, 0.15) is 17.6 Å². The number of hydrogen-bond acceptors (Lipinski definition) is 7. The van der Waals surface area contributed by atoms with Crippen molar-refractivity contribution in [2.45, 2.75) is 69.5 Å². The van der Waals surface area contributed by atoms with Crippen molar-refractivity contribution in [2.24, 2.45) is 16.2 Å². The first kappa shape index (κ1) is 35.7. The van der Waals surface area contributed by atoms with Crippen molar-refractivity contribution in [2.75, 3.05) is 43.2 Å². The largest absolute Gasteiger partial charge is 0.490 e. The second-order valence-corrected chi connectivity index (χ2v) is 17.5. The van der Waals surface area contributed by atoms with Gasteiger partial charge in [0.05, 0.1) is 28.1 Å². The number of methoxy groups -OCH3 is 1. The monoisotopic (exact) mass is 730 g/mol. The minimum absolute atomic E-state index is 0.0396. The standard InChI is InChI=1S/C41H47ClN2O6S/c1-28(29-10-5-3-6-11-29)50-39(45)25-51(47)21-8-4-7-13-37(48-2)34-17-14-32(34)24-44-26-41(20-9-12-30-22-33(42)16-18-35(30)41)27-49-38-19-15-31(23-36(38)44)40(46)43-51/h3,5-7,10-11,13,15-16,18-19,22-23,28,32,34,37H,4,8-9,12,14,17,20-21,24-27H2,1-2H3/b13-7+/t28-,32-,34+,37-,41-,51+/m0/s1. The highest BCUT2D eigenvalue weighted by molar-refractivity contribution is 7.94. The summed E-state index contributed by atoms with van der Waals surface area (Å²) < 4.78 is 37.1. The van der Waals surface area contributed by atoms with E-state index in [2.05, 4.69) is 33.5 Å². The van der Waals surface area contributed by atoms with E-state index in [-0.39, 0.29) is 17.3 Å². The van der Waals surface area contributed by atoms with Gasteiger partial charge in [-0.05, 0) is 111 Å². The summed E-state index contributed by atoms with van der Waals surface area (Å²) in [6, 6.07) is 21.0. The summed E-state index contributed by atoms with van der Waals surface area (Å²) in [6.07, 6.45) is 9.93. The Morgan fingerprint density at radius 1 is 1.12 bits per heavy atom. The van der Waals surface area contributed by atoms with Crippen molar-refractivity contribution in [3.05, 3.63) is 106 Å². The molecule has 0 aromatic heterocycles. The fourth-order valence-electron chi connectivity index (χ4n) is 8.40. The van der Waals surface area contributed by atoms with Gasteiger partial charge in [0.25, 0.3) is 5.91 Å². The highest BCUT2D eigenvalue weighted by Gasteiger charge is 2.44. The third-order valence-electron chi connectivity index (χ3n) is 11.2. The molecule has 1 saturated carbocycles. The van der Waals surface area contributed by atoms with Crippen LogP contribution >= 0.6 is 11.6 Å². The van der Waals surface area contributed by atoms with Crippen LogP contribution in [0.5, 0.6) is 5.75 Å². The number of ether oxygens (including phenoxy) is 3. The molecule has 6 atom stereocenters. The molecule has 2 heterocycles. The molecule has 1 spiro atoms. The molecule has 8 nitrogen and oxygen atoms in total. The number of fused-ring (bicyclic) bond motifs is 4. The van der Waals surface area contributed by atoms with Crippen LogP contribution in [0.2, 0.25) is 5.02 Å². The first-order valence-electron chi connectivity index (χ1n) is 18.2. The van der Waals surface area contributed by atoms with Gasteiger partial charge in [0.15, 0.2) is 0 Å². The van der Waals surface area contributed by atoms with Crippen LogP contribution in [0, 0.1) is 11.8 Å². The van der Waals surface area contributed by atoms with Crippen LogP contribution in [-0.2, 0) is 35.8 Å². The number of hydrogen-bond donors (Lipinski definition) is 0. The minimum Gasteiger partial charge on any atom is -0.490 e. The van der Waals surface area contributed by atoms with Crippen LogP contribution in [-0.4, -0.2) is 60.5 Å². The van der Waals surface area contributed by atoms with E-state index in [1.807, 2.05) is 48.5 Å². The second-order valence-electron chi connectivity index (χ2n) is 14.6. The molecule has 1 amide bonds. The number of aryl methyl sites for hydroxylation is 1. The van der Waals surface area contributed by atoms with Gasteiger partial charge in [-0.2, -0.15) is 4.36 Å². The quantitative estimate of drug-likeness (QED) is 0.193. The maximum atomic E-state index is 14.4. The average molecular weight is 731 g/mol. The van der Waals surface area contributed by atoms with E-state index in [1.165, 1.54) is 11.1 Å². The molecule has 2 aliphatic carbocycles. The second kappa shape index (κ2) is 15.1. The Hall–Kier alpha value is -3.66. The Morgan fingerprint density at radius 3 is 2.75 bits per heavy atom. The Kier molecular flexibility index (Phi) is 10.6. The number of amides is 1. The summed E-state index contributed by atoms with van der Waals surface area (Å²) in [5.74, 6) is -0.157. The molecule has 0 saturated heterocycles. The molecule has 0 N–H and O–H groups in total. The number of rotatable bonds is 5. The number of anilines is 1. The maximum absolute atomic E-state index is 14.4. The highest BCUT2D eigenvalue weighted by atomic mass is 35.5. The van der Waals surface area contributed by atoms with Gasteiger partial charge in [0, 0.05) is 42.0 Å². The van der Waals surface area contributed by atoms with E-state index in [1.54, 1.807) is 20.1 Å². The van der Waals surface area contributed by atoms with Gasteiger partial charge in [-0.1, -0.05) is 60.2 Å². The lowest BCUT2D eigenvalue weighted by molar-refractivity contribution is -0.145. The van der Waals surface area contributed by atoms with Crippen LogP contribution < -0.4 is 9.64 Å². The lowest BCUT2D eigenvalue weighted by Gasteiger charge is -2.46.